The molecular weight excluding hydrogens is 790 g/mol. The number of fused-ring (bicyclic) bond motifs is 5. The van der Waals surface area contributed by atoms with Crippen molar-refractivity contribution >= 4 is 19.9 Å². The van der Waals surface area contributed by atoms with E-state index in [1.807, 2.05) is 92.8 Å². The molecule has 1 aliphatic heterocycles. The highest BCUT2D eigenvalue weighted by atomic mass is 28.4. The SMILES string of the molecule is CN(C)[C@@H]1c2onc(OCc3ccccc3)c2C(=O)[C@@]2(O[Si](C)(C)C(C)(C)C)C(O)=C3C(=O)c4c(c(F)c5c(c4OCc4ccccc4)CN(CC(C)(C)C)CC5)C[C@H]3C[C@@H]12. The van der Waals surface area contributed by atoms with E-state index >= 15 is 14.0 Å². The standard InChI is InChI=1S/C49H60FN3O7Si/c1-47(2,3)28-53-22-21-32-34(25-53)42(57-26-29-17-13-11-14-18-29)37-33(39(32)50)23-31-24-35-40(52(7)8)43-38(46(51-59-43)58-27-30-19-15-12-16-20-30)45(56)49(35,44(55)36(31)41(37)54)60-61(9,10)48(4,5)6/h11-20,31,35,40,55H,21-28H2,1-10H3/t31-,35-,40-,49-/m0/s1. The first-order valence-corrected chi connectivity index (χ1v) is 24.5. The molecule has 4 atom stereocenters. The third kappa shape index (κ3) is 7.47. The average molecular weight is 850 g/mol. The molecule has 1 aromatic heterocycles. The summed E-state index contributed by atoms with van der Waals surface area (Å²) < 4.78 is 43.6. The van der Waals surface area contributed by atoms with Gasteiger partial charge in [0.2, 0.25) is 5.78 Å². The number of aliphatic hydroxyl groups is 1. The molecule has 0 fully saturated rings. The molecule has 324 valence electrons. The first-order valence-electron chi connectivity index (χ1n) is 21.5. The van der Waals surface area contributed by atoms with Gasteiger partial charge in [-0.1, -0.05) is 102 Å². The molecule has 2 heterocycles. The maximum atomic E-state index is 17.3. The lowest BCUT2D eigenvalue weighted by Crippen LogP contribution is -2.65. The number of benzene rings is 3. The number of Topliss-reactive ketones (excluding diaryl/α,β-unsaturated/α-hetero) is 2. The fraction of sp³-hybridized carbons (Fsp3) is 0.490. The number of rotatable bonds is 10. The van der Waals surface area contributed by atoms with Crippen LogP contribution in [0.4, 0.5) is 4.39 Å². The van der Waals surface area contributed by atoms with Crippen LogP contribution in [0.1, 0.15) is 108 Å². The minimum atomic E-state index is -2.94. The summed E-state index contributed by atoms with van der Waals surface area (Å²) in [5.74, 6) is -2.59. The van der Waals surface area contributed by atoms with Crippen LogP contribution < -0.4 is 9.47 Å². The molecule has 0 bridgehead atoms. The highest BCUT2D eigenvalue weighted by Gasteiger charge is 2.67. The number of carbonyl (C=O) groups is 2. The molecule has 1 N–H and O–H groups in total. The van der Waals surface area contributed by atoms with Crippen molar-refractivity contribution < 1.29 is 37.5 Å². The summed E-state index contributed by atoms with van der Waals surface area (Å²) in [5, 5.41) is 17.1. The highest BCUT2D eigenvalue weighted by Crippen LogP contribution is 2.60. The van der Waals surface area contributed by atoms with Crippen molar-refractivity contribution in [1.82, 2.24) is 15.0 Å². The number of ether oxygens (including phenoxy) is 2. The number of halogens is 1. The van der Waals surface area contributed by atoms with Crippen LogP contribution in [0.2, 0.25) is 18.1 Å². The third-order valence-electron chi connectivity index (χ3n) is 13.6. The minimum Gasteiger partial charge on any atom is -0.508 e. The van der Waals surface area contributed by atoms with Crippen molar-refractivity contribution in [3.05, 3.63) is 123 Å². The zero-order chi connectivity index (χ0) is 43.8. The van der Waals surface area contributed by atoms with E-state index in [-0.39, 0.29) is 59.9 Å². The van der Waals surface area contributed by atoms with Gasteiger partial charge in [-0.25, -0.2) is 4.39 Å². The Morgan fingerprint density at radius 1 is 0.918 bits per heavy atom. The van der Waals surface area contributed by atoms with Crippen molar-refractivity contribution in [1.29, 1.82) is 0 Å². The summed E-state index contributed by atoms with van der Waals surface area (Å²) in [7, 11) is 0.831. The Morgan fingerprint density at radius 3 is 2.13 bits per heavy atom. The van der Waals surface area contributed by atoms with Crippen LogP contribution in [0.3, 0.4) is 0 Å². The number of ketones is 2. The molecule has 12 heteroatoms. The molecule has 10 nitrogen and oxygen atoms in total. The van der Waals surface area contributed by atoms with Gasteiger partial charge >= 0.3 is 0 Å². The number of aliphatic hydroxyl groups excluding tert-OH is 1. The molecular formula is C49H60FN3O7Si. The molecule has 0 saturated carbocycles. The predicted molar refractivity (Wildman–Crippen MR) is 234 cm³/mol. The van der Waals surface area contributed by atoms with Gasteiger partial charge in [0, 0.05) is 42.3 Å². The smallest absolute Gasteiger partial charge is 0.265 e. The van der Waals surface area contributed by atoms with Crippen LogP contribution in [0, 0.1) is 23.1 Å². The van der Waals surface area contributed by atoms with Gasteiger partial charge in [-0.15, -0.1) is 0 Å². The topological polar surface area (TPSA) is 115 Å². The molecule has 0 radical (unpaired) electrons. The number of aromatic nitrogens is 1. The van der Waals surface area contributed by atoms with Crippen molar-refractivity contribution in [2.24, 2.45) is 17.3 Å². The molecule has 3 aliphatic carbocycles. The molecule has 3 aromatic carbocycles. The Balaban J connectivity index is 1.32. The number of hydrogen-bond donors (Lipinski definition) is 1. The molecule has 4 aliphatic rings. The molecule has 61 heavy (non-hydrogen) atoms. The summed E-state index contributed by atoms with van der Waals surface area (Å²) in [6.07, 6.45) is 0.859. The second-order valence-electron chi connectivity index (χ2n) is 20.4. The van der Waals surface area contributed by atoms with Crippen LogP contribution >= 0.6 is 0 Å². The second kappa shape index (κ2) is 15.6. The monoisotopic (exact) mass is 849 g/mol. The molecule has 0 unspecified atom stereocenters. The zero-order valence-corrected chi connectivity index (χ0v) is 38.3. The van der Waals surface area contributed by atoms with E-state index in [0.29, 0.717) is 47.7 Å². The van der Waals surface area contributed by atoms with Crippen LogP contribution in [0.15, 0.2) is 76.5 Å². The third-order valence-corrected chi connectivity index (χ3v) is 18.0. The van der Waals surface area contributed by atoms with E-state index in [1.54, 1.807) is 0 Å². The maximum absolute atomic E-state index is 17.3. The lowest BCUT2D eigenvalue weighted by molar-refractivity contribution is -0.0481. The van der Waals surface area contributed by atoms with Gasteiger partial charge in [0.1, 0.15) is 36.1 Å². The van der Waals surface area contributed by atoms with E-state index in [1.165, 1.54) is 0 Å². The molecule has 8 rings (SSSR count). The van der Waals surface area contributed by atoms with Gasteiger partial charge in [0.15, 0.2) is 25.5 Å². The fourth-order valence-electron chi connectivity index (χ4n) is 9.83. The summed E-state index contributed by atoms with van der Waals surface area (Å²) in [6, 6.07) is 18.6. The predicted octanol–water partition coefficient (Wildman–Crippen LogP) is 9.82. The Hall–Kier alpha value is -4.62. The first-order chi connectivity index (χ1) is 28.7. The Morgan fingerprint density at radius 2 is 1.54 bits per heavy atom. The van der Waals surface area contributed by atoms with Crippen LogP contribution in [0.5, 0.6) is 11.6 Å². The highest BCUT2D eigenvalue weighted by molar-refractivity contribution is 6.74. The lowest BCUT2D eigenvalue weighted by Gasteiger charge is -2.55. The summed E-state index contributed by atoms with van der Waals surface area (Å²) in [4.78, 5) is 35.5. The average Bonchev–Trinajstić information content (AvgIpc) is 3.61. The summed E-state index contributed by atoms with van der Waals surface area (Å²) >= 11 is 0. The van der Waals surface area contributed by atoms with Gasteiger partial charge < -0.3 is 23.5 Å². The summed E-state index contributed by atoms with van der Waals surface area (Å²) in [6.45, 7) is 19.0. The molecule has 0 amide bonds. The number of nitrogens with zero attached hydrogens (tertiary/aromatic N) is 3. The maximum Gasteiger partial charge on any atom is 0.265 e. The van der Waals surface area contributed by atoms with Gasteiger partial charge in [-0.05, 0) is 84.7 Å². The van der Waals surface area contributed by atoms with Crippen molar-refractivity contribution in [2.45, 2.75) is 110 Å². The van der Waals surface area contributed by atoms with E-state index in [4.69, 9.17) is 18.4 Å². The van der Waals surface area contributed by atoms with Crippen molar-refractivity contribution in [2.75, 3.05) is 27.2 Å². The Labute approximate surface area is 360 Å². The lowest BCUT2D eigenvalue weighted by atomic mass is 9.58. The van der Waals surface area contributed by atoms with Gasteiger partial charge in [0.05, 0.1) is 11.6 Å². The Kier molecular flexibility index (Phi) is 11.0. The van der Waals surface area contributed by atoms with E-state index in [9.17, 15) is 5.11 Å². The number of allylic oxidation sites excluding steroid dienone is 1. The molecule has 0 spiro atoms. The van der Waals surface area contributed by atoms with Gasteiger partial charge in [0.25, 0.3) is 5.88 Å². The normalized spacial score (nSPS) is 23.0. The largest absolute Gasteiger partial charge is 0.508 e. The van der Waals surface area contributed by atoms with E-state index < -0.39 is 54.2 Å². The van der Waals surface area contributed by atoms with Crippen LogP contribution in [-0.2, 0) is 37.0 Å². The van der Waals surface area contributed by atoms with Gasteiger partial charge in [-0.3, -0.25) is 19.4 Å². The summed E-state index contributed by atoms with van der Waals surface area (Å²) in [5.41, 5.74) is 1.58. The zero-order valence-electron chi connectivity index (χ0n) is 37.3. The van der Waals surface area contributed by atoms with Crippen LogP contribution in [-0.4, -0.2) is 72.7 Å². The van der Waals surface area contributed by atoms with E-state index in [0.717, 1.165) is 17.7 Å². The number of hydrogen-bond acceptors (Lipinski definition) is 10. The fourth-order valence-corrected chi connectivity index (χ4v) is 11.3. The number of carbonyl (C=O) groups excluding carboxylic acids is 2. The van der Waals surface area contributed by atoms with Crippen LogP contribution in [0.25, 0.3) is 0 Å². The first kappa shape index (κ1) is 43.0. The van der Waals surface area contributed by atoms with E-state index in [2.05, 4.69) is 51.6 Å². The molecule has 0 saturated heterocycles. The van der Waals surface area contributed by atoms with Crippen molar-refractivity contribution in [3.8, 4) is 11.6 Å². The molecule has 4 aromatic rings. The Bertz CT molecular complexity index is 2380. The minimum absolute atomic E-state index is 0.00212. The second-order valence-corrected chi connectivity index (χ2v) is 25.1. The van der Waals surface area contributed by atoms with Gasteiger partial charge in [-0.2, -0.15) is 0 Å². The quantitative estimate of drug-likeness (QED) is 0.155. The van der Waals surface area contributed by atoms with Crippen molar-refractivity contribution in [3.63, 3.8) is 0 Å².